The van der Waals surface area contributed by atoms with Gasteiger partial charge in [-0.3, -0.25) is 4.98 Å². The fourth-order valence-corrected chi connectivity index (χ4v) is 4.83. The monoisotopic (exact) mass is 488 g/mol. The molecule has 0 aliphatic rings. The average molecular weight is 489 g/mol. The summed E-state index contributed by atoms with van der Waals surface area (Å²) in [7, 11) is 0. The summed E-state index contributed by atoms with van der Waals surface area (Å²) in [6, 6.07) is 21.2. The van der Waals surface area contributed by atoms with Crippen molar-refractivity contribution in [2.24, 2.45) is 0 Å². The average Bonchev–Trinajstić information content (AvgIpc) is 3.43. The van der Waals surface area contributed by atoms with Gasteiger partial charge in [-0.1, -0.05) is 59.7 Å². The molecule has 4 aromatic heterocycles. The summed E-state index contributed by atoms with van der Waals surface area (Å²) in [5.41, 5.74) is 8.69. The standard InChI is InChI=1S/C33H32N2O2/c1-19-11-12-25-24-9-8-10-26(30(24)37-31(25)35-19)27-17-29-21(18-34-27)15-28(36-29)20-13-22(32(2,3)4)16-23(14-20)33(5,6)7/h8-18H,1-7H3. The highest BCUT2D eigenvalue weighted by molar-refractivity contribution is 6.08. The number of rotatable bonds is 2. The Morgan fingerprint density at radius 2 is 1.46 bits per heavy atom. The molecule has 0 fully saturated rings. The molecule has 0 unspecified atom stereocenters. The fourth-order valence-electron chi connectivity index (χ4n) is 4.83. The van der Waals surface area contributed by atoms with Crippen molar-refractivity contribution in [3.63, 3.8) is 0 Å². The molecule has 186 valence electrons. The maximum absolute atomic E-state index is 6.46. The van der Waals surface area contributed by atoms with E-state index in [1.54, 1.807) is 0 Å². The van der Waals surface area contributed by atoms with Gasteiger partial charge in [0.05, 0.1) is 5.69 Å². The number of hydrogen-bond acceptors (Lipinski definition) is 4. The van der Waals surface area contributed by atoms with Gasteiger partial charge in [-0.25, -0.2) is 4.98 Å². The topological polar surface area (TPSA) is 52.1 Å². The van der Waals surface area contributed by atoms with Crippen LogP contribution in [0, 0.1) is 6.92 Å². The zero-order chi connectivity index (χ0) is 26.1. The third kappa shape index (κ3) is 4.11. The SMILES string of the molecule is Cc1ccc2c(n1)oc1c(-c3cc4oc(-c5cc(C(C)(C)C)cc(C(C)(C)C)c5)cc4cn3)cccc12. The molecule has 0 N–H and O–H groups in total. The van der Waals surface area contributed by atoms with E-state index in [4.69, 9.17) is 13.8 Å². The maximum atomic E-state index is 6.46. The first-order chi connectivity index (χ1) is 17.5. The zero-order valence-electron chi connectivity index (χ0n) is 22.6. The van der Waals surface area contributed by atoms with Gasteiger partial charge in [-0.15, -0.1) is 0 Å². The molecule has 4 heteroatoms. The first kappa shape index (κ1) is 23.5. The van der Waals surface area contributed by atoms with Crippen molar-refractivity contribution in [2.45, 2.75) is 59.3 Å². The molecule has 0 aliphatic carbocycles. The fraction of sp³-hybridized carbons (Fsp3) is 0.273. The van der Waals surface area contributed by atoms with E-state index in [1.165, 1.54) is 11.1 Å². The Morgan fingerprint density at radius 3 is 2.16 bits per heavy atom. The quantitative estimate of drug-likeness (QED) is 0.244. The summed E-state index contributed by atoms with van der Waals surface area (Å²) in [5, 5.41) is 3.03. The summed E-state index contributed by atoms with van der Waals surface area (Å²) in [5.74, 6) is 0.854. The summed E-state index contributed by atoms with van der Waals surface area (Å²) in [4.78, 5) is 9.37. The van der Waals surface area contributed by atoms with Gasteiger partial charge in [0.15, 0.2) is 0 Å². The van der Waals surface area contributed by atoms with Crippen molar-refractivity contribution in [1.29, 1.82) is 0 Å². The first-order valence-corrected chi connectivity index (χ1v) is 12.8. The number of aromatic nitrogens is 2. The lowest BCUT2D eigenvalue weighted by molar-refractivity contribution is 0.567. The van der Waals surface area contributed by atoms with Crippen LogP contribution < -0.4 is 0 Å². The number of furan rings is 2. The molecule has 6 rings (SSSR count). The Labute approximate surface area is 217 Å². The second kappa shape index (κ2) is 8.04. The van der Waals surface area contributed by atoms with Crippen LogP contribution in [0.2, 0.25) is 0 Å². The molecule has 0 aliphatic heterocycles. The Morgan fingerprint density at radius 1 is 0.730 bits per heavy atom. The van der Waals surface area contributed by atoms with Gasteiger partial charge in [-0.2, -0.15) is 0 Å². The summed E-state index contributed by atoms with van der Waals surface area (Å²) in [6.07, 6.45) is 1.89. The second-order valence-electron chi connectivity index (χ2n) is 12.1. The van der Waals surface area contributed by atoms with Gasteiger partial charge in [0.2, 0.25) is 5.71 Å². The number of hydrogen-bond donors (Lipinski definition) is 0. The lowest BCUT2D eigenvalue weighted by Crippen LogP contribution is -2.16. The molecule has 0 spiro atoms. The first-order valence-electron chi connectivity index (χ1n) is 12.8. The lowest BCUT2D eigenvalue weighted by atomic mass is 9.79. The van der Waals surface area contributed by atoms with E-state index in [2.05, 4.69) is 82.9 Å². The minimum Gasteiger partial charge on any atom is -0.456 e. The molecule has 4 nitrogen and oxygen atoms in total. The molecule has 0 bridgehead atoms. The highest BCUT2D eigenvalue weighted by atomic mass is 16.3. The van der Waals surface area contributed by atoms with Gasteiger partial charge in [0.25, 0.3) is 0 Å². The van der Waals surface area contributed by atoms with Gasteiger partial charge < -0.3 is 8.83 Å². The predicted molar refractivity (Wildman–Crippen MR) is 152 cm³/mol. The smallest absolute Gasteiger partial charge is 0.227 e. The highest BCUT2D eigenvalue weighted by Crippen LogP contribution is 2.38. The Kier molecular flexibility index (Phi) is 5.10. The van der Waals surface area contributed by atoms with Crippen molar-refractivity contribution < 1.29 is 8.83 Å². The third-order valence-corrected chi connectivity index (χ3v) is 7.13. The molecule has 0 radical (unpaired) electrons. The van der Waals surface area contributed by atoms with Crippen molar-refractivity contribution >= 4 is 33.0 Å². The Balaban J connectivity index is 1.49. The van der Waals surface area contributed by atoms with Crippen LogP contribution in [0.1, 0.15) is 58.4 Å². The van der Waals surface area contributed by atoms with E-state index in [1.807, 2.05) is 37.4 Å². The molecular weight excluding hydrogens is 456 g/mol. The number of benzene rings is 2. The van der Waals surface area contributed by atoms with Gasteiger partial charge in [0.1, 0.15) is 16.9 Å². The van der Waals surface area contributed by atoms with E-state index in [9.17, 15) is 0 Å². The van der Waals surface area contributed by atoms with Gasteiger partial charge in [-0.05, 0) is 65.3 Å². The van der Waals surface area contributed by atoms with Crippen LogP contribution in [0.25, 0.3) is 55.6 Å². The molecule has 0 atom stereocenters. The highest BCUT2D eigenvalue weighted by Gasteiger charge is 2.22. The van der Waals surface area contributed by atoms with Crippen molar-refractivity contribution in [2.75, 3.05) is 0 Å². The molecule has 0 amide bonds. The van der Waals surface area contributed by atoms with Crippen LogP contribution in [0.15, 0.2) is 75.7 Å². The number of nitrogens with zero attached hydrogens (tertiary/aromatic N) is 2. The zero-order valence-corrected chi connectivity index (χ0v) is 22.6. The normalized spacial score (nSPS) is 12.7. The minimum atomic E-state index is 0.0371. The number of aryl methyl sites for hydroxylation is 1. The largest absolute Gasteiger partial charge is 0.456 e. The molecule has 6 aromatic rings. The number of para-hydroxylation sites is 1. The molecule has 2 aromatic carbocycles. The van der Waals surface area contributed by atoms with Crippen molar-refractivity contribution in [3.8, 4) is 22.6 Å². The number of fused-ring (bicyclic) bond motifs is 4. The molecular formula is C33H32N2O2. The van der Waals surface area contributed by atoms with Crippen LogP contribution in [0.3, 0.4) is 0 Å². The third-order valence-electron chi connectivity index (χ3n) is 7.13. The Bertz CT molecular complexity index is 1770. The number of pyridine rings is 2. The van der Waals surface area contributed by atoms with Crippen LogP contribution in [0.5, 0.6) is 0 Å². The molecule has 0 saturated carbocycles. The summed E-state index contributed by atoms with van der Waals surface area (Å²) < 4.78 is 12.7. The van der Waals surface area contributed by atoms with E-state index >= 15 is 0 Å². The van der Waals surface area contributed by atoms with E-state index in [0.717, 1.165) is 55.6 Å². The van der Waals surface area contributed by atoms with Gasteiger partial charge in [0, 0.05) is 45.2 Å². The molecule has 4 heterocycles. The van der Waals surface area contributed by atoms with E-state index in [0.29, 0.717) is 5.71 Å². The second-order valence-corrected chi connectivity index (χ2v) is 12.1. The van der Waals surface area contributed by atoms with Crippen LogP contribution in [-0.4, -0.2) is 9.97 Å². The van der Waals surface area contributed by atoms with E-state index < -0.39 is 0 Å². The van der Waals surface area contributed by atoms with Crippen LogP contribution >= 0.6 is 0 Å². The molecule has 37 heavy (non-hydrogen) atoms. The Hall–Kier alpha value is -3.92. The van der Waals surface area contributed by atoms with Crippen molar-refractivity contribution in [3.05, 3.63) is 83.7 Å². The van der Waals surface area contributed by atoms with Crippen LogP contribution in [-0.2, 0) is 10.8 Å². The van der Waals surface area contributed by atoms with Crippen LogP contribution in [0.4, 0.5) is 0 Å². The molecule has 0 saturated heterocycles. The summed E-state index contributed by atoms with van der Waals surface area (Å²) >= 11 is 0. The van der Waals surface area contributed by atoms with Gasteiger partial charge >= 0.3 is 0 Å². The lowest BCUT2D eigenvalue weighted by Gasteiger charge is -2.26. The summed E-state index contributed by atoms with van der Waals surface area (Å²) in [6.45, 7) is 15.5. The minimum absolute atomic E-state index is 0.0371. The van der Waals surface area contributed by atoms with E-state index in [-0.39, 0.29) is 10.8 Å². The van der Waals surface area contributed by atoms with Crippen molar-refractivity contribution in [1.82, 2.24) is 9.97 Å². The maximum Gasteiger partial charge on any atom is 0.227 e. The predicted octanol–water partition coefficient (Wildman–Crippen LogP) is 9.36.